The summed E-state index contributed by atoms with van der Waals surface area (Å²) >= 11 is 0. The average Bonchev–Trinajstić information content (AvgIpc) is 3.10. The fourth-order valence-corrected chi connectivity index (χ4v) is 2.99. The van der Waals surface area contributed by atoms with Crippen LogP contribution in [0.1, 0.15) is 37.8 Å². The van der Waals surface area contributed by atoms with E-state index in [1.54, 1.807) is 4.90 Å². The van der Waals surface area contributed by atoms with Crippen molar-refractivity contribution in [3.8, 4) is 0 Å². The van der Waals surface area contributed by atoms with E-state index in [1.165, 1.54) is 0 Å². The van der Waals surface area contributed by atoms with Crippen molar-refractivity contribution in [1.29, 1.82) is 0 Å². The predicted molar refractivity (Wildman–Crippen MR) is 87.3 cm³/mol. The van der Waals surface area contributed by atoms with Gasteiger partial charge < -0.3 is 15.4 Å². The van der Waals surface area contributed by atoms with E-state index in [4.69, 9.17) is 4.74 Å². The van der Waals surface area contributed by atoms with Gasteiger partial charge in [0.05, 0.1) is 6.04 Å². The smallest absolute Gasteiger partial charge is 0.321 e. The van der Waals surface area contributed by atoms with Gasteiger partial charge in [-0.3, -0.25) is 9.69 Å². The van der Waals surface area contributed by atoms with Gasteiger partial charge in [0.2, 0.25) is 5.91 Å². The van der Waals surface area contributed by atoms with Gasteiger partial charge in [-0.05, 0) is 43.9 Å². The first-order chi connectivity index (χ1) is 11.1. The number of nitrogens with zero attached hydrogens (tertiary/aromatic N) is 1. The molecule has 6 nitrogen and oxygen atoms in total. The van der Waals surface area contributed by atoms with Crippen LogP contribution in [-0.4, -0.2) is 37.7 Å². The number of urea groups is 1. The number of hydrogen-bond acceptors (Lipinski definition) is 3. The van der Waals surface area contributed by atoms with Gasteiger partial charge in [0.25, 0.3) is 0 Å². The molecule has 2 atom stereocenters. The summed E-state index contributed by atoms with van der Waals surface area (Å²) in [6.45, 7) is 4.09. The van der Waals surface area contributed by atoms with Crippen LogP contribution in [0.5, 0.6) is 0 Å². The summed E-state index contributed by atoms with van der Waals surface area (Å²) in [7, 11) is 0. The third kappa shape index (κ3) is 3.64. The van der Waals surface area contributed by atoms with Gasteiger partial charge in [0.1, 0.15) is 6.10 Å². The van der Waals surface area contributed by atoms with E-state index >= 15 is 0 Å². The summed E-state index contributed by atoms with van der Waals surface area (Å²) in [5.41, 5.74) is 1.89. The van der Waals surface area contributed by atoms with Gasteiger partial charge in [-0.2, -0.15) is 0 Å². The molecule has 3 amide bonds. The first-order valence-electron chi connectivity index (χ1n) is 8.22. The highest BCUT2D eigenvalue weighted by molar-refractivity contribution is 5.92. The number of carbonyl (C=O) groups excluding carboxylic acids is 2. The molecule has 0 aliphatic carbocycles. The minimum atomic E-state index is -0.311. The van der Waals surface area contributed by atoms with Crippen molar-refractivity contribution >= 4 is 17.6 Å². The van der Waals surface area contributed by atoms with Gasteiger partial charge >= 0.3 is 6.03 Å². The number of benzene rings is 1. The Hall–Kier alpha value is -2.08. The van der Waals surface area contributed by atoms with Crippen LogP contribution in [0.3, 0.4) is 0 Å². The van der Waals surface area contributed by atoms with Crippen LogP contribution < -0.4 is 15.5 Å². The molecule has 6 heteroatoms. The van der Waals surface area contributed by atoms with Crippen LogP contribution in [0.2, 0.25) is 0 Å². The molecular formula is C17H23N3O3. The van der Waals surface area contributed by atoms with Gasteiger partial charge in [-0.15, -0.1) is 0 Å². The molecule has 2 N–H and O–H groups in total. The van der Waals surface area contributed by atoms with Crippen LogP contribution in [-0.2, 0) is 9.53 Å². The Balaban J connectivity index is 1.61. The molecule has 2 aliphatic heterocycles. The summed E-state index contributed by atoms with van der Waals surface area (Å²) in [4.78, 5) is 25.7. The van der Waals surface area contributed by atoms with Crippen molar-refractivity contribution in [2.24, 2.45) is 0 Å². The van der Waals surface area contributed by atoms with E-state index in [0.29, 0.717) is 6.61 Å². The lowest BCUT2D eigenvalue weighted by molar-refractivity contribution is -0.130. The van der Waals surface area contributed by atoms with Gasteiger partial charge in [-0.1, -0.05) is 12.1 Å². The Morgan fingerprint density at radius 3 is 2.78 bits per heavy atom. The average molecular weight is 317 g/mol. The number of rotatable bonds is 4. The van der Waals surface area contributed by atoms with E-state index in [0.717, 1.165) is 43.6 Å². The molecule has 0 bridgehead atoms. The van der Waals surface area contributed by atoms with E-state index in [2.05, 4.69) is 10.6 Å². The maximum absolute atomic E-state index is 12.1. The standard InChI is InChI=1S/C17H23N3O3/c1-12(19-16(21)15-4-2-11-23-15)13-5-7-14(8-6-13)20-10-3-9-18-17(20)22/h5-8,12,15H,2-4,9-11H2,1H3,(H,18,22)(H,19,21)/t12?,15-/m1/s1. The second-order valence-corrected chi connectivity index (χ2v) is 6.06. The molecule has 1 aromatic rings. The fourth-order valence-electron chi connectivity index (χ4n) is 2.99. The molecule has 2 heterocycles. The van der Waals surface area contributed by atoms with Crippen LogP contribution in [0.25, 0.3) is 0 Å². The van der Waals surface area contributed by atoms with Gasteiger partial charge in [-0.25, -0.2) is 4.79 Å². The molecule has 23 heavy (non-hydrogen) atoms. The van der Waals surface area contributed by atoms with Crippen LogP contribution >= 0.6 is 0 Å². The van der Waals surface area contributed by atoms with E-state index in [9.17, 15) is 9.59 Å². The second-order valence-electron chi connectivity index (χ2n) is 6.06. The normalized spacial score (nSPS) is 22.6. The molecule has 1 unspecified atom stereocenters. The molecule has 3 rings (SSSR count). The van der Waals surface area contributed by atoms with Crippen LogP contribution in [0, 0.1) is 0 Å². The monoisotopic (exact) mass is 317 g/mol. The van der Waals surface area contributed by atoms with Crippen LogP contribution in [0.4, 0.5) is 10.5 Å². The minimum absolute atomic E-state index is 0.0468. The molecule has 0 spiro atoms. The molecule has 2 fully saturated rings. The third-order valence-corrected chi connectivity index (χ3v) is 4.37. The zero-order chi connectivity index (χ0) is 16.2. The summed E-state index contributed by atoms with van der Waals surface area (Å²) in [6, 6.07) is 7.62. The van der Waals surface area contributed by atoms with E-state index in [-0.39, 0.29) is 24.1 Å². The van der Waals surface area contributed by atoms with Crippen molar-refractivity contribution in [2.45, 2.75) is 38.3 Å². The Morgan fingerprint density at radius 1 is 1.35 bits per heavy atom. The minimum Gasteiger partial charge on any atom is -0.368 e. The molecule has 0 radical (unpaired) electrons. The molecule has 124 valence electrons. The molecule has 0 aromatic heterocycles. The molecule has 2 aliphatic rings. The van der Waals surface area contributed by atoms with Crippen molar-refractivity contribution in [3.05, 3.63) is 29.8 Å². The fraction of sp³-hybridized carbons (Fsp3) is 0.529. The Bertz CT molecular complexity index is 567. The number of amides is 3. The molecule has 1 aromatic carbocycles. The zero-order valence-corrected chi connectivity index (χ0v) is 13.4. The first-order valence-corrected chi connectivity index (χ1v) is 8.22. The number of anilines is 1. The lowest BCUT2D eigenvalue weighted by atomic mass is 10.1. The molecular weight excluding hydrogens is 294 g/mol. The first kappa shape index (κ1) is 15.8. The largest absolute Gasteiger partial charge is 0.368 e. The summed E-state index contributed by atoms with van der Waals surface area (Å²) in [6.07, 6.45) is 2.37. The van der Waals surface area contributed by atoms with Gasteiger partial charge in [0, 0.05) is 25.4 Å². The summed E-state index contributed by atoms with van der Waals surface area (Å²) in [5.74, 6) is -0.0468. The second kappa shape index (κ2) is 7.00. The quantitative estimate of drug-likeness (QED) is 0.892. The number of nitrogens with one attached hydrogen (secondary N) is 2. The number of hydrogen-bond donors (Lipinski definition) is 2. The SMILES string of the molecule is CC(NC(=O)[C@H]1CCCO1)c1ccc(N2CCCNC2=O)cc1. The summed E-state index contributed by atoms with van der Waals surface area (Å²) in [5, 5.41) is 5.83. The van der Waals surface area contributed by atoms with Crippen molar-refractivity contribution in [2.75, 3.05) is 24.6 Å². The van der Waals surface area contributed by atoms with Crippen LogP contribution in [0.15, 0.2) is 24.3 Å². The topological polar surface area (TPSA) is 70.7 Å². The highest BCUT2D eigenvalue weighted by atomic mass is 16.5. The van der Waals surface area contributed by atoms with Crippen molar-refractivity contribution < 1.29 is 14.3 Å². The van der Waals surface area contributed by atoms with Crippen molar-refractivity contribution in [3.63, 3.8) is 0 Å². The van der Waals surface area contributed by atoms with Crippen molar-refractivity contribution in [1.82, 2.24) is 10.6 Å². The highest BCUT2D eigenvalue weighted by Gasteiger charge is 2.25. The van der Waals surface area contributed by atoms with E-state index < -0.39 is 0 Å². The Kier molecular flexibility index (Phi) is 4.81. The lowest BCUT2D eigenvalue weighted by Crippen LogP contribution is -2.46. The molecule has 2 saturated heterocycles. The molecule has 0 saturated carbocycles. The predicted octanol–water partition coefficient (Wildman–Crippen LogP) is 1.96. The maximum atomic E-state index is 12.1. The Labute approximate surface area is 136 Å². The zero-order valence-electron chi connectivity index (χ0n) is 13.4. The maximum Gasteiger partial charge on any atom is 0.321 e. The van der Waals surface area contributed by atoms with E-state index in [1.807, 2.05) is 31.2 Å². The Morgan fingerprint density at radius 2 is 2.13 bits per heavy atom. The van der Waals surface area contributed by atoms with Gasteiger partial charge in [0.15, 0.2) is 0 Å². The highest BCUT2D eigenvalue weighted by Crippen LogP contribution is 2.21. The number of carbonyl (C=O) groups is 2. The lowest BCUT2D eigenvalue weighted by Gasteiger charge is -2.27. The number of ether oxygens (including phenoxy) is 1. The summed E-state index contributed by atoms with van der Waals surface area (Å²) < 4.78 is 5.40. The third-order valence-electron chi connectivity index (χ3n) is 4.37.